The van der Waals surface area contributed by atoms with E-state index in [1.165, 1.54) is 28.9 Å². The van der Waals surface area contributed by atoms with Crippen LogP contribution >= 0.6 is 22.6 Å². The van der Waals surface area contributed by atoms with Crippen molar-refractivity contribution in [3.63, 3.8) is 0 Å². The van der Waals surface area contributed by atoms with Gasteiger partial charge in [0, 0.05) is 0 Å². The van der Waals surface area contributed by atoms with Crippen LogP contribution in [0.2, 0.25) is 0 Å². The summed E-state index contributed by atoms with van der Waals surface area (Å²) in [7, 11) is 0. The highest BCUT2D eigenvalue weighted by molar-refractivity contribution is 14.1. The largest absolute Gasteiger partial charge is 0.478 e. The van der Waals surface area contributed by atoms with E-state index in [4.69, 9.17) is 10.4 Å². The van der Waals surface area contributed by atoms with Crippen molar-refractivity contribution in [2.45, 2.75) is 0 Å². The number of H-pyrrole nitrogens is 1. The fraction of sp³-hybridized carbons (Fsp3) is 0. The molecular weight excluding hydrogens is 349 g/mol. The number of carboxylic acids is 1. The molecule has 0 unspecified atom stereocenters. The Kier molecular flexibility index (Phi) is 3.20. The molecule has 1 aromatic carbocycles. The molecule has 0 fully saturated rings. The number of hydrogen-bond acceptors (Lipinski definition) is 3. The molecule has 0 spiro atoms. The van der Waals surface area contributed by atoms with Gasteiger partial charge >= 0.3 is 5.97 Å². The Labute approximate surface area is 115 Å². The van der Waals surface area contributed by atoms with Crippen LogP contribution in [0.4, 0.5) is 0 Å². The van der Waals surface area contributed by atoms with Gasteiger partial charge in [0.15, 0.2) is 5.69 Å². The zero-order chi connectivity index (χ0) is 13.3. The molecule has 0 radical (unpaired) electrons. The molecule has 0 saturated carbocycles. The number of aromatic amines is 1. The van der Waals surface area contributed by atoms with E-state index in [1.807, 2.05) is 6.07 Å². The molecule has 90 valence electrons. The molecule has 0 aliphatic heterocycles. The first-order chi connectivity index (χ1) is 8.54. The third kappa shape index (κ3) is 2.02. The van der Waals surface area contributed by atoms with Gasteiger partial charge in [-0.1, -0.05) is 0 Å². The predicted molar refractivity (Wildman–Crippen MR) is 70.8 cm³/mol. The second kappa shape index (κ2) is 4.66. The van der Waals surface area contributed by atoms with Gasteiger partial charge in [-0.15, -0.1) is 0 Å². The quantitative estimate of drug-likeness (QED) is 0.795. The molecule has 0 bridgehead atoms. The second-order valence-corrected chi connectivity index (χ2v) is 4.48. The van der Waals surface area contributed by atoms with E-state index in [-0.39, 0.29) is 16.8 Å². The minimum atomic E-state index is -1.03. The van der Waals surface area contributed by atoms with Gasteiger partial charge in [0.1, 0.15) is 9.64 Å². The average molecular weight is 355 g/mol. The number of aromatic nitrogens is 2. The number of rotatable bonds is 2. The standard InChI is InChI=1S/C11H6IN3O3/c12-9-8(5-13)14-15(10(9)16)7-3-1-6(2-4-7)11(17)18/h1-4,14H,(H,17,18). The molecule has 0 amide bonds. The van der Waals surface area contributed by atoms with E-state index < -0.39 is 5.97 Å². The Morgan fingerprint density at radius 3 is 2.44 bits per heavy atom. The highest BCUT2D eigenvalue weighted by Crippen LogP contribution is 2.10. The Balaban J connectivity index is 2.53. The first kappa shape index (κ1) is 12.4. The number of hydrogen-bond donors (Lipinski definition) is 2. The van der Waals surface area contributed by atoms with Gasteiger partial charge in [0.25, 0.3) is 5.56 Å². The fourth-order valence-electron chi connectivity index (χ4n) is 1.43. The fourth-order valence-corrected chi connectivity index (χ4v) is 1.91. The lowest BCUT2D eigenvalue weighted by molar-refractivity contribution is 0.0697. The minimum Gasteiger partial charge on any atom is -0.478 e. The van der Waals surface area contributed by atoms with E-state index in [9.17, 15) is 9.59 Å². The van der Waals surface area contributed by atoms with Crippen molar-refractivity contribution in [3.05, 3.63) is 49.4 Å². The smallest absolute Gasteiger partial charge is 0.335 e. The minimum absolute atomic E-state index is 0.133. The lowest BCUT2D eigenvalue weighted by atomic mass is 10.2. The summed E-state index contributed by atoms with van der Waals surface area (Å²) in [6.45, 7) is 0. The van der Waals surface area contributed by atoms with E-state index in [0.717, 1.165) is 0 Å². The molecule has 7 heteroatoms. The Morgan fingerprint density at radius 2 is 2.00 bits per heavy atom. The van der Waals surface area contributed by atoms with Crippen LogP contribution in [0.25, 0.3) is 5.69 Å². The maximum atomic E-state index is 11.8. The number of aromatic carboxylic acids is 1. The zero-order valence-electron chi connectivity index (χ0n) is 8.85. The van der Waals surface area contributed by atoms with E-state index in [2.05, 4.69) is 5.10 Å². The second-order valence-electron chi connectivity index (χ2n) is 3.41. The third-order valence-electron chi connectivity index (χ3n) is 2.32. The van der Waals surface area contributed by atoms with Gasteiger partial charge in [-0.05, 0) is 46.9 Å². The Morgan fingerprint density at radius 1 is 1.39 bits per heavy atom. The van der Waals surface area contributed by atoms with Crippen molar-refractivity contribution in [2.75, 3.05) is 0 Å². The van der Waals surface area contributed by atoms with Gasteiger partial charge in [-0.25, -0.2) is 9.48 Å². The lowest BCUT2D eigenvalue weighted by Gasteiger charge is -2.01. The monoisotopic (exact) mass is 355 g/mol. The predicted octanol–water partition coefficient (Wildman–Crippen LogP) is 1.34. The van der Waals surface area contributed by atoms with Crippen LogP contribution in [-0.2, 0) is 0 Å². The van der Waals surface area contributed by atoms with Crippen molar-refractivity contribution in [3.8, 4) is 11.8 Å². The topological polar surface area (TPSA) is 98.9 Å². The van der Waals surface area contributed by atoms with Gasteiger partial charge in [-0.3, -0.25) is 9.89 Å². The normalized spacial score (nSPS) is 10.0. The summed E-state index contributed by atoms with van der Waals surface area (Å²) < 4.78 is 1.50. The van der Waals surface area contributed by atoms with Gasteiger partial charge in [-0.2, -0.15) is 5.26 Å². The molecule has 6 nitrogen and oxygen atoms in total. The summed E-state index contributed by atoms with van der Waals surface area (Å²) in [5.74, 6) is -1.03. The van der Waals surface area contributed by atoms with Gasteiger partial charge in [0.05, 0.1) is 11.3 Å². The highest BCUT2D eigenvalue weighted by Gasteiger charge is 2.12. The molecule has 1 aromatic heterocycles. The molecule has 0 aliphatic rings. The number of halogens is 1. The lowest BCUT2D eigenvalue weighted by Crippen LogP contribution is -2.16. The molecule has 0 atom stereocenters. The first-order valence-corrected chi connectivity index (χ1v) is 5.87. The summed E-state index contributed by atoms with van der Waals surface area (Å²) >= 11 is 1.79. The summed E-state index contributed by atoms with van der Waals surface area (Å²) in [6, 6.07) is 7.66. The van der Waals surface area contributed by atoms with Crippen molar-refractivity contribution in [2.24, 2.45) is 0 Å². The molecular formula is C11H6IN3O3. The maximum Gasteiger partial charge on any atom is 0.335 e. The van der Waals surface area contributed by atoms with Gasteiger partial charge in [0.2, 0.25) is 0 Å². The molecule has 18 heavy (non-hydrogen) atoms. The van der Waals surface area contributed by atoms with Crippen LogP contribution in [0.3, 0.4) is 0 Å². The molecule has 1 heterocycles. The van der Waals surface area contributed by atoms with E-state index in [1.54, 1.807) is 22.6 Å². The van der Waals surface area contributed by atoms with Crippen LogP contribution in [0.15, 0.2) is 29.1 Å². The maximum absolute atomic E-state index is 11.8. The van der Waals surface area contributed by atoms with Crippen molar-refractivity contribution >= 4 is 28.6 Å². The summed E-state index contributed by atoms with van der Waals surface area (Å²) in [5, 5.41) is 20.2. The first-order valence-electron chi connectivity index (χ1n) is 4.79. The van der Waals surface area contributed by atoms with E-state index in [0.29, 0.717) is 9.26 Å². The zero-order valence-corrected chi connectivity index (χ0v) is 11.0. The van der Waals surface area contributed by atoms with Crippen molar-refractivity contribution in [1.82, 2.24) is 9.78 Å². The Hall–Kier alpha value is -2.08. The third-order valence-corrected chi connectivity index (χ3v) is 3.32. The van der Waals surface area contributed by atoms with Crippen LogP contribution in [0.5, 0.6) is 0 Å². The van der Waals surface area contributed by atoms with Crippen LogP contribution in [0.1, 0.15) is 16.1 Å². The highest BCUT2D eigenvalue weighted by atomic mass is 127. The van der Waals surface area contributed by atoms with Crippen LogP contribution in [0, 0.1) is 14.9 Å². The van der Waals surface area contributed by atoms with Gasteiger partial charge < -0.3 is 5.11 Å². The number of nitrogens with zero attached hydrogens (tertiary/aromatic N) is 2. The molecule has 0 aliphatic carbocycles. The summed E-state index contributed by atoms with van der Waals surface area (Å²) in [6.07, 6.45) is 0. The number of benzene rings is 1. The summed E-state index contributed by atoms with van der Waals surface area (Å²) in [4.78, 5) is 22.5. The molecule has 2 N–H and O–H groups in total. The molecule has 2 rings (SSSR count). The van der Waals surface area contributed by atoms with Crippen LogP contribution in [-0.4, -0.2) is 20.9 Å². The average Bonchev–Trinajstić information content (AvgIpc) is 2.66. The molecule has 2 aromatic rings. The number of carbonyl (C=O) groups is 1. The molecule has 0 saturated heterocycles. The number of carboxylic acid groups (broad SMARTS) is 1. The van der Waals surface area contributed by atoms with Crippen molar-refractivity contribution < 1.29 is 9.90 Å². The Bertz CT molecular complexity index is 707. The SMILES string of the molecule is N#Cc1[nH]n(-c2ccc(C(=O)O)cc2)c(=O)c1I. The summed E-state index contributed by atoms with van der Waals surface area (Å²) in [5.41, 5.74) is 0.455. The van der Waals surface area contributed by atoms with Crippen LogP contribution < -0.4 is 5.56 Å². The van der Waals surface area contributed by atoms with E-state index >= 15 is 0 Å². The number of nitrogens with one attached hydrogen (secondary N) is 1. The van der Waals surface area contributed by atoms with Crippen molar-refractivity contribution in [1.29, 1.82) is 5.26 Å². The number of nitriles is 1.